The summed E-state index contributed by atoms with van der Waals surface area (Å²) in [6.45, 7) is 5.45. The van der Waals surface area contributed by atoms with Gasteiger partial charge in [-0.15, -0.1) is 0 Å². The lowest BCUT2D eigenvalue weighted by Crippen LogP contribution is -2.38. The van der Waals surface area contributed by atoms with E-state index >= 15 is 0 Å². The van der Waals surface area contributed by atoms with Gasteiger partial charge in [-0.05, 0) is 65.9 Å². The maximum atomic E-state index is 4.63. The maximum Gasteiger partial charge on any atom is 0.0766 e. The van der Waals surface area contributed by atoms with E-state index in [1.54, 1.807) is 0 Å². The Labute approximate surface area is 130 Å². The van der Waals surface area contributed by atoms with Crippen LogP contribution in [0.4, 0.5) is 0 Å². The van der Waals surface area contributed by atoms with Crippen LogP contribution in [0.2, 0.25) is 0 Å². The fourth-order valence-corrected chi connectivity index (χ4v) is 4.79. The third-order valence-corrected chi connectivity index (χ3v) is 6.15. The first kappa shape index (κ1) is 14.6. The van der Waals surface area contributed by atoms with Crippen molar-refractivity contribution in [2.75, 3.05) is 6.54 Å². The third-order valence-electron chi connectivity index (χ3n) is 5.23. The first-order valence-electron chi connectivity index (χ1n) is 8.07. The molecule has 0 amide bonds. The van der Waals surface area contributed by atoms with E-state index in [0.29, 0.717) is 6.04 Å². The standard InChI is InChI=1S/C16H26BrN3/c1-4-13-16(17)15(20(3)19-13)9-14(18-5-2)12-7-10-6-11(10)8-12/h10-12,14,18H,4-9H2,1-3H3. The lowest BCUT2D eigenvalue weighted by Gasteiger charge is -2.26. The van der Waals surface area contributed by atoms with Gasteiger partial charge in [-0.25, -0.2) is 0 Å². The SMILES string of the molecule is CCNC(Cc1c(Br)c(CC)nn1C)C1CC2CC2C1. The van der Waals surface area contributed by atoms with Crippen molar-refractivity contribution in [1.82, 2.24) is 15.1 Å². The van der Waals surface area contributed by atoms with Crippen molar-refractivity contribution in [3.63, 3.8) is 0 Å². The molecule has 0 aliphatic heterocycles. The van der Waals surface area contributed by atoms with E-state index in [9.17, 15) is 0 Å². The molecule has 4 heteroatoms. The highest BCUT2D eigenvalue weighted by atomic mass is 79.9. The van der Waals surface area contributed by atoms with Gasteiger partial charge >= 0.3 is 0 Å². The smallest absolute Gasteiger partial charge is 0.0766 e. The number of fused-ring (bicyclic) bond motifs is 1. The van der Waals surface area contributed by atoms with Gasteiger partial charge < -0.3 is 5.32 Å². The minimum Gasteiger partial charge on any atom is -0.314 e. The van der Waals surface area contributed by atoms with E-state index in [2.05, 4.69) is 51.9 Å². The van der Waals surface area contributed by atoms with E-state index < -0.39 is 0 Å². The normalized spacial score (nSPS) is 29.5. The summed E-state index contributed by atoms with van der Waals surface area (Å²) >= 11 is 3.76. The third kappa shape index (κ3) is 2.69. The van der Waals surface area contributed by atoms with Crippen LogP contribution in [0.25, 0.3) is 0 Å². The summed E-state index contributed by atoms with van der Waals surface area (Å²) < 4.78 is 3.30. The molecule has 3 unspecified atom stereocenters. The lowest BCUT2D eigenvalue weighted by atomic mass is 9.91. The van der Waals surface area contributed by atoms with E-state index in [-0.39, 0.29) is 0 Å². The summed E-state index contributed by atoms with van der Waals surface area (Å²) in [7, 11) is 2.08. The molecule has 2 aliphatic carbocycles. The Morgan fingerprint density at radius 3 is 2.55 bits per heavy atom. The van der Waals surface area contributed by atoms with Gasteiger partial charge in [0.1, 0.15) is 0 Å². The molecule has 20 heavy (non-hydrogen) atoms. The Morgan fingerprint density at radius 1 is 1.30 bits per heavy atom. The second kappa shape index (κ2) is 5.80. The summed E-state index contributed by atoms with van der Waals surface area (Å²) in [6.07, 6.45) is 6.48. The molecule has 1 N–H and O–H groups in total. The molecule has 1 heterocycles. The minimum absolute atomic E-state index is 0.615. The fourth-order valence-electron chi connectivity index (χ4n) is 4.01. The topological polar surface area (TPSA) is 29.9 Å². The highest BCUT2D eigenvalue weighted by Gasteiger charge is 2.47. The maximum absolute atomic E-state index is 4.63. The van der Waals surface area contributed by atoms with Gasteiger partial charge in [-0.2, -0.15) is 5.10 Å². The Kier molecular flexibility index (Phi) is 4.23. The zero-order valence-corrected chi connectivity index (χ0v) is 14.4. The zero-order chi connectivity index (χ0) is 14.3. The molecule has 2 fully saturated rings. The van der Waals surface area contributed by atoms with E-state index in [4.69, 9.17) is 0 Å². The van der Waals surface area contributed by atoms with Crippen molar-refractivity contribution in [2.24, 2.45) is 24.8 Å². The van der Waals surface area contributed by atoms with Crippen LogP contribution in [0.3, 0.4) is 0 Å². The number of nitrogens with zero attached hydrogens (tertiary/aromatic N) is 2. The Morgan fingerprint density at radius 2 is 2.00 bits per heavy atom. The second-order valence-corrected chi connectivity index (χ2v) is 7.33. The number of rotatable bonds is 6. The fraction of sp³-hybridized carbons (Fsp3) is 0.812. The highest BCUT2D eigenvalue weighted by molar-refractivity contribution is 9.10. The van der Waals surface area contributed by atoms with Gasteiger partial charge in [-0.1, -0.05) is 13.8 Å². The quantitative estimate of drug-likeness (QED) is 0.861. The Balaban J connectivity index is 1.74. The van der Waals surface area contributed by atoms with Gasteiger partial charge in [0, 0.05) is 19.5 Å². The summed E-state index contributed by atoms with van der Waals surface area (Å²) in [5.41, 5.74) is 2.54. The average Bonchev–Trinajstić information content (AvgIpc) is 2.95. The first-order valence-corrected chi connectivity index (χ1v) is 8.86. The van der Waals surface area contributed by atoms with Gasteiger partial charge in [0.2, 0.25) is 0 Å². The monoisotopic (exact) mass is 339 g/mol. The van der Waals surface area contributed by atoms with Crippen molar-refractivity contribution >= 4 is 15.9 Å². The Hall–Kier alpha value is -0.350. The second-order valence-electron chi connectivity index (χ2n) is 6.54. The molecule has 1 aromatic heterocycles. The number of nitrogens with one attached hydrogen (secondary N) is 1. The van der Waals surface area contributed by atoms with Crippen LogP contribution in [0.5, 0.6) is 0 Å². The van der Waals surface area contributed by atoms with Crippen molar-refractivity contribution in [3.8, 4) is 0 Å². The molecular weight excluding hydrogens is 314 g/mol. The predicted octanol–water partition coefficient (Wildman–Crippen LogP) is 3.31. The number of hydrogen-bond donors (Lipinski definition) is 1. The van der Waals surface area contributed by atoms with Crippen molar-refractivity contribution < 1.29 is 0 Å². The van der Waals surface area contributed by atoms with Crippen LogP contribution < -0.4 is 5.32 Å². The summed E-state index contributed by atoms with van der Waals surface area (Å²) in [6, 6.07) is 0.615. The van der Waals surface area contributed by atoms with Gasteiger partial charge in [-0.3, -0.25) is 4.68 Å². The van der Waals surface area contributed by atoms with Crippen LogP contribution in [0, 0.1) is 17.8 Å². The molecule has 3 atom stereocenters. The van der Waals surface area contributed by atoms with Crippen LogP contribution in [0.1, 0.15) is 44.5 Å². The minimum atomic E-state index is 0.615. The molecule has 0 radical (unpaired) electrons. The number of hydrogen-bond acceptors (Lipinski definition) is 2. The number of aryl methyl sites for hydroxylation is 2. The summed E-state index contributed by atoms with van der Waals surface area (Å²) in [5, 5.41) is 8.37. The molecule has 112 valence electrons. The molecule has 0 spiro atoms. The van der Waals surface area contributed by atoms with Gasteiger partial charge in [0.15, 0.2) is 0 Å². The van der Waals surface area contributed by atoms with Crippen molar-refractivity contribution in [3.05, 3.63) is 15.9 Å². The summed E-state index contributed by atoms with van der Waals surface area (Å²) in [5.74, 6) is 2.98. The van der Waals surface area contributed by atoms with E-state index in [1.807, 2.05) is 0 Å². The summed E-state index contributed by atoms with van der Waals surface area (Å²) in [4.78, 5) is 0. The molecule has 3 nitrogen and oxygen atoms in total. The van der Waals surface area contributed by atoms with Gasteiger partial charge in [0.05, 0.1) is 15.9 Å². The van der Waals surface area contributed by atoms with Crippen LogP contribution in [-0.2, 0) is 19.9 Å². The van der Waals surface area contributed by atoms with Crippen molar-refractivity contribution in [2.45, 2.75) is 52.0 Å². The first-order chi connectivity index (χ1) is 9.63. The van der Waals surface area contributed by atoms with E-state index in [1.165, 1.54) is 35.1 Å². The van der Waals surface area contributed by atoms with Crippen LogP contribution >= 0.6 is 15.9 Å². The molecule has 0 bridgehead atoms. The van der Waals surface area contributed by atoms with E-state index in [0.717, 1.165) is 37.1 Å². The largest absolute Gasteiger partial charge is 0.314 e. The lowest BCUT2D eigenvalue weighted by molar-refractivity contribution is 0.332. The molecule has 0 aromatic carbocycles. The number of aromatic nitrogens is 2. The zero-order valence-electron chi connectivity index (χ0n) is 12.8. The molecule has 3 rings (SSSR count). The number of halogens is 1. The number of likely N-dealkylation sites (N-methyl/N-ethyl adjacent to an activating group) is 1. The molecular formula is C16H26BrN3. The molecule has 2 saturated carbocycles. The Bertz CT molecular complexity index is 472. The highest BCUT2D eigenvalue weighted by Crippen LogP contribution is 2.55. The predicted molar refractivity (Wildman–Crippen MR) is 85.8 cm³/mol. The molecule has 1 aromatic rings. The van der Waals surface area contributed by atoms with Crippen molar-refractivity contribution in [1.29, 1.82) is 0 Å². The average molecular weight is 340 g/mol. The van der Waals surface area contributed by atoms with Crippen LogP contribution in [-0.4, -0.2) is 22.4 Å². The van der Waals surface area contributed by atoms with Gasteiger partial charge in [0.25, 0.3) is 0 Å². The van der Waals surface area contributed by atoms with Crippen LogP contribution in [0.15, 0.2) is 4.47 Å². The molecule has 0 saturated heterocycles. The molecule has 2 aliphatic rings.